The number of para-hydroxylation sites is 1. The second-order valence-electron chi connectivity index (χ2n) is 4.84. The Morgan fingerprint density at radius 3 is 2.70 bits per heavy atom. The van der Waals surface area contributed by atoms with Gasteiger partial charge in [-0.1, -0.05) is 18.2 Å². The van der Waals surface area contributed by atoms with Gasteiger partial charge >= 0.3 is 6.03 Å². The molecule has 20 heavy (non-hydrogen) atoms. The summed E-state index contributed by atoms with van der Waals surface area (Å²) >= 11 is 0. The van der Waals surface area contributed by atoms with Crippen molar-refractivity contribution in [1.29, 1.82) is 0 Å². The van der Waals surface area contributed by atoms with E-state index in [4.69, 9.17) is 5.73 Å². The molecule has 1 fully saturated rings. The number of anilines is 2. The molecule has 6 heteroatoms. The minimum atomic E-state index is -0.345. The summed E-state index contributed by atoms with van der Waals surface area (Å²) < 4.78 is 0. The summed E-state index contributed by atoms with van der Waals surface area (Å²) in [4.78, 5) is 19.8. The van der Waals surface area contributed by atoms with Gasteiger partial charge in [-0.15, -0.1) is 0 Å². The summed E-state index contributed by atoms with van der Waals surface area (Å²) in [6, 6.07) is 8.96. The Morgan fingerprint density at radius 2 is 2.05 bits per heavy atom. The van der Waals surface area contributed by atoms with Crippen molar-refractivity contribution < 1.29 is 4.79 Å². The molecule has 1 aliphatic rings. The topological polar surface area (TPSA) is 92.9 Å². The van der Waals surface area contributed by atoms with E-state index in [-0.39, 0.29) is 11.6 Å². The third-order valence-electron chi connectivity index (χ3n) is 3.40. The van der Waals surface area contributed by atoms with Crippen molar-refractivity contribution in [1.82, 2.24) is 15.3 Å². The van der Waals surface area contributed by atoms with Crippen LogP contribution in [0.4, 0.5) is 16.3 Å². The number of carbonyl (C=O) groups excluding carboxylic acids is 1. The van der Waals surface area contributed by atoms with Crippen LogP contribution in [0.1, 0.15) is 18.4 Å². The van der Waals surface area contributed by atoms with Crippen molar-refractivity contribution in [2.75, 3.05) is 11.1 Å². The molecule has 0 radical (unpaired) electrons. The monoisotopic (exact) mass is 269 g/mol. The molecule has 1 aromatic carbocycles. The largest absolute Gasteiger partial charge is 0.398 e. The lowest BCUT2D eigenvalue weighted by Gasteiger charge is -2.19. The second-order valence-corrected chi connectivity index (χ2v) is 4.84. The van der Waals surface area contributed by atoms with Gasteiger partial charge in [-0.25, -0.2) is 14.8 Å². The van der Waals surface area contributed by atoms with Crippen LogP contribution in [0.15, 0.2) is 42.9 Å². The van der Waals surface area contributed by atoms with Gasteiger partial charge in [0.2, 0.25) is 0 Å². The average molecular weight is 269 g/mol. The molecule has 0 bridgehead atoms. The van der Waals surface area contributed by atoms with Crippen LogP contribution in [-0.2, 0) is 5.54 Å². The molecule has 2 aromatic rings. The quantitative estimate of drug-likeness (QED) is 0.741. The number of nitrogens with zero attached hydrogens (tertiary/aromatic N) is 2. The van der Waals surface area contributed by atoms with Gasteiger partial charge in [0.25, 0.3) is 0 Å². The smallest absolute Gasteiger partial charge is 0.321 e. The van der Waals surface area contributed by atoms with Crippen LogP contribution < -0.4 is 16.4 Å². The number of carbonyl (C=O) groups is 1. The zero-order valence-corrected chi connectivity index (χ0v) is 10.8. The number of hydrogen-bond donors (Lipinski definition) is 3. The first-order valence-corrected chi connectivity index (χ1v) is 6.40. The van der Waals surface area contributed by atoms with E-state index in [1.165, 1.54) is 6.33 Å². The highest BCUT2D eigenvalue weighted by molar-refractivity contribution is 5.89. The number of hydrogen-bond acceptors (Lipinski definition) is 4. The molecule has 102 valence electrons. The van der Waals surface area contributed by atoms with Gasteiger partial charge in [-0.3, -0.25) is 5.32 Å². The Morgan fingerprint density at radius 1 is 1.25 bits per heavy atom. The van der Waals surface area contributed by atoms with E-state index in [9.17, 15) is 4.79 Å². The van der Waals surface area contributed by atoms with Gasteiger partial charge in [0.1, 0.15) is 12.1 Å². The summed E-state index contributed by atoms with van der Waals surface area (Å²) in [5.41, 5.74) is 7.31. The molecule has 1 saturated carbocycles. The second kappa shape index (κ2) is 4.80. The third-order valence-corrected chi connectivity index (χ3v) is 3.40. The third kappa shape index (κ3) is 2.40. The lowest BCUT2D eigenvalue weighted by molar-refractivity contribution is 0.247. The van der Waals surface area contributed by atoms with E-state index < -0.39 is 0 Å². The van der Waals surface area contributed by atoms with Crippen molar-refractivity contribution in [3.8, 4) is 0 Å². The lowest BCUT2D eigenvalue weighted by Crippen LogP contribution is -2.38. The number of amides is 2. The standard InChI is InChI=1S/C14H15N5O/c15-11-4-2-1-3-10(11)14(6-7-14)19-13(20)18-12-5-8-16-9-17-12/h1-5,8-9H,6-7,15H2,(H2,16,17,18,19,20). The van der Waals surface area contributed by atoms with E-state index in [1.807, 2.05) is 24.3 Å². The van der Waals surface area contributed by atoms with Gasteiger partial charge < -0.3 is 11.1 Å². The van der Waals surface area contributed by atoms with Crippen LogP contribution in [0.25, 0.3) is 0 Å². The van der Waals surface area contributed by atoms with Crippen molar-refractivity contribution in [2.24, 2.45) is 0 Å². The highest BCUT2D eigenvalue weighted by atomic mass is 16.2. The van der Waals surface area contributed by atoms with Crippen molar-refractivity contribution in [2.45, 2.75) is 18.4 Å². The highest BCUT2D eigenvalue weighted by Crippen LogP contribution is 2.47. The van der Waals surface area contributed by atoms with E-state index in [2.05, 4.69) is 20.6 Å². The Balaban J connectivity index is 1.72. The summed E-state index contributed by atoms with van der Waals surface area (Å²) in [5, 5.41) is 5.67. The Hall–Kier alpha value is -2.63. The first-order chi connectivity index (χ1) is 9.70. The predicted octanol–water partition coefficient (Wildman–Crippen LogP) is 1.87. The van der Waals surface area contributed by atoms with E-state index in [0.717, 1.165) is 18.4 Å². The predicted molar refractivity (Wildman–Crippen MR) is 76.0 cm³/mol. The molecule has 3 rings (SSSR count). The molecule has 6 nitrogen and oxygen atoms in total. The fourth-order valence-corrected chi connectivity index (χ4v) is 2.25. The fourth-order valence-electron chi connectivity index (χ4n) is 2.25. The van der Waals surface area contributed by atoms with E-state index in [1.54, 1.807) is 12.3 Å². The van der Waals surface area contributed by atoms with Crippen molar-refractivity contribution in [3.05, 3.63) is 48.4 Å². The molecule has 0 aliphatic heterocycles. The molecule has 0 unspecified atom stereocenters. The number of urea groups is 1. The summed E-state index contributed by atoms with van der Waals surface area (Å²) in [5.74, 6) is 0.467. The zero-order valence-electron chi connectivity index (χ0n) is 10.8. The Bertz CT molecular complexity index is 624. The van der Waals surface area contributed by atoms with Crippen molar-refractivity contribution in [3.63, 3.8) is 0 Å². The minimum Gasteiger partial charge on any atom is -0.398 e. The maximum absolute atomic E-state index is 12.0. The van der Waals surface area contributed by atoms with Crippen LogP contribution in [-0.4, -0.2) is 16.0 Å². The molecule has 2 amide bonds. The normalized spacial score (nSPS) is 15.4. The van der Waals surface area contributed by atoms with Crippen molar-refractivity contribution >= 4 is 17.5 Å². The lowest BCUT2D eigenvalue weighted by atomic mass is 10.0. The maximum Gasteiger partial charge on any atom is 0.321 e. The molecule has 4 N–H and O–H groups in total. The van der Waals surface area contributed by atoms with Gasteiger partial charge in [0.15, 0.2) is 0 Å². The molecule has 1 heterocycles. The Kier molecular flexibility index (Phi) is 2.98. The SMILES string of the molecule is Nc1ccccc1C1(NC(=O)Nc2ccncn2)CC1. The zero-order chi connectivity index (χ0) is 14.0. The highest BCUT2D eigenvalue weighted by Gasteiger charge is 2.46. The van der Waals surface area contributed by atoms with Crippen LogP contribution in [0, 0.1) is 0 Å². The number of aromatic nitrogens is 2. The van der Waals surface area contributed by atoms with Gasteiger partial charge in [-0.2, -0.15) is 0 Å². The van der Waals surface area contributed by atoms with E-state index >= 15 is 0 Å². The minimum absolute atomic E-state index is 0.288. The first-order valence-electron chi connectivity index (χ1n) is 6.40. The number of nitrogens with one attached hydrogen (secondary N) is 2. The number of benzene rings is 1. The summed E-state index contributed by atoms with van der Waals surface area (Å²) in [6.07, 6.45) is 4.74. The molecule has 1 aromatic heterocycles. The molecule has 0 saturated heterocycles. The van der Waals surface area contributed by atoms with Crippen LogP contribution in [0.3, 0.4) is 0 Å². The number of nitrogen functional groups attached to an aromatic ring is 1. The van der Waals surface area contributed by atoms with Gasteiger partial charge in [-0.05, 0) is 25.0 Å². The molecular formula is C14H15N5O. The summed E-state index contributed by atoms with van der Waals surface area (Å²) in [7, 11) is 0. The summed E-state index contributed by atoms with van der Waals surface area (Å²) in [6.45, 7) is 0. The average Bonchev–Trinajstić information content (AvgIpc) is 3.20. The maximum atomic E-state index is 12.0. The van der Waals surface area contributed by atoms with Crippen LogP contribution >= 0.6 is 0 Å². The Labute approximate surface area is 116 Å². The van der Waals surface area contributed by atoms with E-state index in [0.29, 0.717) is 11.5 Å². The number of rotatable bonds is 3. The van der Waals surface area contributed by atoms with Gasteiger partial charge in [0.05, 0.1) is 5.54 Å². The van der Waals surface area contributed by atoms with Crippen LogP contribution in [0.5, 0.6) is 0 Å². The fraction of sp³-hybridized carbons (Fsp3) is 0.214. The molecule has 0 atom stereocenters. The number of nitrogens with two attached hydrogens (primary N) is 1. The van der Waals surface area contributed by atoms with Gasteiger partial charge in [0, 0.05) is 17.4 Å². The first kappa shape index (κ1) is 12.4. The molecular weight excluding hydrogens is 254 g/mol. The molecule has 0 spiro atoms. The molecule has 1 aliphatic carbocycles. The van der Waals surface area contributed by atoms with Crippen LogP contribution in [0.2, 0.25) is 0 Å².